The van der Waals surface area contributed by atoms with Crippen LogP contribution in [0.15, 0.2) is 29.4 Å². The molecule has 1 heterocycles. The molecule has 0 spiro atoms. The molecule has 0 aromatic heterocycles. The lowest BCUT2D eigenvalue weighted by Gasteiger charge is -2.26. The van der Waals surface area contributed by atoms with Crippen LogP contribution in [0.4, 0.5) is 5.69 Å². The van der Waals surface area contributed by atoms with Gasteiger partial charge in [0.15, 0.2) is 5.11 Å². The van der Waals surface area contributed by atoms with Crippen LogP contribution in [0.3, 0.4) is 0 Å². The third-order valence-corrected chi connectivity index (χ3v) is 3.56. The number of nitrogens with one attached hydrogen (secondary N) is 2. The van der Waals surface area contributed by atoms with Crippen LogP contribution in [0.2, 0.25) is 0 Å². The van der Waals surface area contributed by atoms with Crippen molar-refractivity contribution < 1.29 is 9.66 Å². The number of benzene rings is 1. The van der Waals surface area contributed by atoms with E-state index >= 15 is 0 Å². The Balaban J connectivity index is 1.72. The van der Waals surface area contributed by atoms with E-state index in [1.165, 1.54) is 12.3 Å². The maximum atomic E-state index is 10.9. The van der Waals surface area contributed by atoms with Gasteiger partial charge in [-0.3, -0.25) is 20.4 Å². The summed E-state index contributed by atoms with van der Waals surface area (Å²) in [7, 11) is 0. The number of rotatable bonds is 6. The second kappa shape index (κ2) is 9.13. The summed E-state index contributed by atoms with van der Waals surface area (Å²) in [6.07, 6.45) is 1.38. The Bertz CT molecular complexity index is 575. The highest BCUT2D eigenvalue weighted by molar-refractivity contribution is 7.80. The van der Waals surface area contributed by atoms with Gasteiger partial charge in [0.2, 0.25) is 0 Å². The Kier molecular flexibility index (Phi) is 6.85. The molecule has 0 aliphatic carbocycles. The topological polar surface area (TPSA) is 92.0 Å². The van der Waals surface area contributed by atoms with Gasteiger partial charge in [0.25, 0.3) is 5.69 Å². The van der Waals surface area contributed by atoms with Gasteiger partial charge in [-0.05, 0) is 18.3 Å². The number of hydrogen-bond donors (Lipinski definition) is 2. The Morgan fingerprint density at radius 3 is 2.91 bits per heavy atom. The zero-order chi connectivity index (χ0) is 16.5. The average Bonchev–Trinajstić information content (AvgIpc) is 2.56. The van der Waals surface area contributed by atoms with E-state index in [1.807, 2.05) is 0 Å². The monoisotopic (exact) mass is 337 g/mol. The molecule has 8 nitrogen and oxygen atoms in total. The summed E-state index contributed by atoms with van der Waals surface area (Å²) in [6, 6.07) is 6.38. The summed E-state index contributed by atoms with van der Waals surface area (Å²) in [5.41, 5.74) is 3.08. The number of hydrazone groups is 1. The number of para-hydroxylation sites is 1. The van der Waals surface area contributed by atoms with Gasteiger partial charge in [-0.2, -0.15) is 5.10 Å². The highest BCUT2D eigenvalue weighted by Crippen LogP contribution is 2.14. The van der Waals surface area contributed by atoms with Gasteiger partial charge in [0.05, 0.1) is 29.9 Å². The van der Waals surface area contributed by atoms with E-state index in [1.54, 1.807) is 18.2 Å². The number of nitrogens with zero attached hydrogens (tertiary/aromatic N) is 3. The van der Waals surface area contributed by atoms with Crippen LogP contribution in [-0.2, 0) is 4.74 Å². The summed E-state index contributed by atoms with van der Waals surface area (Å²) in [5.74, 6) is 0. The fourth-order valence-corrected chi connectivity index (χ4v) is 2.27. The molecule has 1 aromatic carbocycles. The van der Waals surface area contributed by atoms with Gasteiger partial charge in [-0.1, -0.05) is 12.1 Å². The first-order valence-electron chi connectivity index (χ1n) is 7.27. The Morgan fingerprint density at radius 1 is 1.43 bits per heavy atom. The number of nitro groups is 1. The Labute approximate surface area is 139 Å². The predicted molar refractivity (Wildman–Crippen MR) is 91.7 cm³/mol. The fraction of sp³-hybridized carbons (Fsp3) is 0.429. The lowest BCUT2D eigenvalue weighted by atomic mass is 10.2. The summed E-state index contributed by atoms with van der Waals surface area (Å²) in [5, 5.41) is 18.2. The zero-order valence-electron chi connectivity index (χ0n) is 12.6. The van der Waals surface area contributed by atoms with E-state index in [2.05, 4.69) is 20.7 Å². The van der Waals surface area contributed by atoms with E-state index in [-0.39, 0.29) is 5.69 Å². The summed E-state index contributed by atoms with van der Waals surface area (Å²) in [4.78, 5) is 12.7. The van der Waals surface area contributed by atoms with Crippen LogP contribution in [0.1, 0.15) is 5.56 Å². The van der Waals surface area contributed by atoms with Crippen LogP contribution in [0.25, 0.3) is 0 Å². The van der Waals surface area contributed by atoms with Gasteiger partial charge in [0, 0.05) is 32.2 Å². The van der Waals surface area contributed by atoms with Crippen molar-refractivity contribution in [3.05, 3.63) is 39.9 Å². The Hall–Kier alpha value is -2.10. The molecule has 0 atom stereocenters. The molecule has 1 aromatic rings. The summed E-state index contributed by atoms with van der Waals surface area (Å²) < 4.78 is 5.28. The molecule has 23 heavy (non-hydrogen) atoms. The third kappa shape index (κ3) is 5.89. The molecule has 9 heteroatoms. The molecule has 2 rings (SSSR count). The van der Waals surface area contributed by atoms with Crippen molar-refractivity contribution in [2.45, 2.75) is 0 Å². The number of morpholine rings is 1. The first-order chi connectivity index (χ1) is 11.2. The molecule has 124 valence electrons. The van der Waals surface area contributed by atoms with E-state index in [0.717, 1.165) is 32.8 Å². The van der Waals surface area contributed by atoms with E-state index in [4.69, 9.17) is 17.0 Å². The molecular weight excluding hydrogens is 318 g/mol. The van der Waals surface area contributed by atoms with E-state index < -0.39 is 4.92 Å². The van der Waals surface area contributed by atoms with Crippen molar-refractivity contribution in [3.63, 3.8) is 0 Å². The quantitative estimate of drug-likeness (QED) is 0.342. The first kappa shape index (κ1) is 17.3. The number of hydrogen-bond acceptors (Lipinski definition) is 6. The van der Waals surface area contributed by atoms with Gasteiger partial charge in [0.1, 0.15) is 0 Å². The van der Waals surface area contributed by atoms with Crippen molar-refractivity contribution in [2.75, 3.05) is 39.4 Å². The van der Waals surface area contributed by atoms with E-state index in [9.17, 15) is 10.1 Å². The lowest BCUT2D eigenvalue weighted by Crippen LogP contribution is -2.42. The van der Waals surface area contributed by atoms with Crippen molar-refractivity contribution in [2.24, 2.45) is 5.10 Å². The molecule has 0 radical (unpaired) electrons. The number of ether oxygens (including phenoxy) is 1. The van der Waals surface area contributed by atoms with Crippen molar-refractivity contribution >= 4 is 29.2 Å². The van der Waals surface area contributed by atoms with Crippen LogP contribution < -0.4 is 10.7 Å². The summed E-state index contributed by atoms with van der Waals surface area (Å²) in [6.45, 7) is 4.97. The van der Waals surface area contributed by atoms with Crippen molar-refractivity contribution in [1.82, 2.24) is 15.6 Å². The average molecular weight is 337 g/mol. The van der Waals surface area contributed by atoms with Gasteiger partial charge in [-0.15, -0.1) is 0 Å². The van der Waals surface area contributed by atoms with Gasteiger partial charge < -0.3 is 10.1 Å². The van der Waals surface area contributed by atoms with Gasteiger partial charge >= 0.3 is 0 Å². The minimum absolute atomic E-state index is 0.00393. The highest BCUT2D eigenvalue weighted by Gasteiger charge is 2.10. The van der Waals surface area contributed by atoms with Crippen LogP contribution >= 0.6 is 12.2 Å². The molecule has 1 fully saturated rings. The molecule has 1 saturated heterocycles. The second-order valence-electron chi connectivity index (χ2n) is 4.90. The van der Waals surface area contributed by atoms with E-state index in [0.29, 0.717) is 17.2 Å². The van der Waals surface area contributed by atoms with Crippen LogP contribution in [-0.4, -0.2) is 60.5 Å². The summed E-state index contributed by atoms with van der Waals surface area (Å²) >= 11 is 5.11. The van der Waals surface area contributed by atoms with Crippen molar-refractivity contribution in [1.29, 1.82) is 0 Å². The molecular formula is C14H19N5O3S. The van der Waals surface area contributed by atoms with Crippen molar-refractivity contribution in [3.8, 4) is 0 Å². The highest BCUT2D eigenvalue weighted by atomic mass is 32.1. The SMILES string of the molecule is O=[N+]([O-])c1ccccc1/C=N/NC(=S)NCCN1CCOCC1. The molecule has 2 N–H and O–H groups in total. The minimum atomic E-state index is -0.444. The molecule has 1 aliphatic heterocycles. The minimum Gasteiger partial charge on any atom is -0.379 e. The molecule has 0 unspecified atom stereocenters. The standard InChI is InChI=1S/C14H19N5O3S/c20-19(21)13-4-2-1-3-12(13)11-16-17-14(23)15-5-6-18-7-9-22-10-8-18/h1-4,11H,5-10H2,(H2,15,17,23)/b16-11+. The molecule has 0 amide bonds. The largest absolute Gasteiger partial charge is 0.379 e. The van der Waals surface area contributed by atoms with Crippen LogP contribution in [0, 0.1) is 10.1 Å². The number of nitro benzene ring substituents is 1. The molecule has 1 aliphatic rings. The maximum absolute atomic E-state index is 10.9. The predicted octanol–water partition coefficient (Wildman–Crippen LogP) is 0.725. The zero-order valence-corrected chi connectivity index (χ0v) is 13.4. The normalized spacial score (nSPS) is 15.5. The number of thiocarbonyl (C=S) groups is 1. The fourth-order valence-electron chi connectivity index (χ4n) is 2.12. The van der Waals surface area contributed by atoms with Crippen LogP contribution in [0.5, 0.6) is 0 Å². The van der Waals surface area contributed by atoms with Gasteiger partial charge in [-0.25, -0.2) is 0 Å². The lowest BCUT2D eigenvalue weighted by molar-refractivity contribution is -0.385. The second-order valence-corrected chi connectivity index (χ2v) is 5.30. The first-order valence-corrected chi connectivity index (χ1v) is 7.68. The third-order valence-electron chi connectivity index (χ3n) is 3.32. The molecule has 0 bridgehead atoms. The Morgan fingerprint density at radius 2 is 2.17 bits per heavy atom. The molecule has 0 saturated carbocycles. The maximum Gasteiger partial charge on any atom is 0.278 e. The smallest absolute Gasteiger partial charge is 0.278 e.